The van der Waals surface area contributed by atoms with Gasteiger partial charge in [-0.3, -0.25) is 4.79 Å². The zero-order valence-electron chi connectivity index (χ0n) is 17.9. The molecule has 0 aromatic heterocycles. The number of amides is 3. The van der Waals surface area contributed by atoms with E-state index in [1.54, 1.807) is 9.80 Å². The number of aliphatic hydroxyl groups is 1. The van der Waals surface area contributed by atoms with E-state index in [1.807, 2.05) is 32.0 Å². The van der Waals surface area contributed by atoms with Gasteiger partial charge >= 0.3 is 6.03 Å². The fourth-order valence-corrected chi connectivity index (χ4v) is 4.58. The summed E-state index contributed by atoms with van der Waals surface area (Å²) in [6.07, 6.45) is 4.14. The highest BCUT2D eigenvalue weighted by Gasteiger charge is 2.54. The van der Waals surface area contributed by atoms with Crippen LogP contribution >= 0.6 is 0 Å². The zero-order valence-corrected chi connectivity index (χ0v) is 17.9. The Bertz CT molecular complexity index is 956. The third-order valence-corrected chi connectivity index (χ3v) is 6.04. The van der Waals surface area contributed by atoms with Gasteiger partial charge in [0.05, 0.1) is 18.7 Å². The van der Waals surface area contributed by atoms with Crippen LogP contribution in [0.25, 0.3) is 12.2 Å². The van der Waals surface area contributed by atoms with Crippen molar-refractivity contribution in [1.82, 2.24) is 15.1 Å². The number of urea groups is 1. The van der Waals surface area contributed by atoms with Gasteiger partial charge in [-0.1, -0.05) is 66.7 Å². The number of nitrogens with zero attached hydrogens (tertiary/aromatic N) is 2. The number of carbonyl (C=O) groups is 2. The van der Waals surface area contributed by atoms with Crippen LogP contribution in [0.15, 0.2) is 54.6 Å². The van der Waals surface area contributed by atoms with E-state index in [-0.39, 0.29) is 49.1 Å². The first-order chi connectivity index (χ1) is 15.0. The van der Waals surface area contributed by atoms with Gasteiger partial charge in [-0.2, -0.15) is 0 Å². The highest BCUT2D eigenvalue weighted by Crippen LogP contribution is 2.42. The molecular weight excluding hydrogens is 390 g/mol. The molecule has 2 aromatic carbocycles. The third kappa shape index (κ3) is 4.35. The molecule has 0 aliphatic carbocycles. The number of fused-ring (bicyclic) bond motifs is 1. The minimum absolute atomic E-state index is 0.00996. The molecule has 31 heavy (non-hydrogen) atoms. The molecule has 2 aliphatic rings. The Hall–Kier alpha value is -3.12. The highest BCUT2D eigenvalue weighted by atomic mass is 16.3. The molecular formula is C25H29N3O3. The summed E-state index contributed by atoms with van der Waals surface area (Å²) >= 11 is 0. The Balaban J connectivity index is 1.49. The summed E-state index contributed by atoms with van der Waals surface area (Å²) in [6, 6.07) is 17.8. The van der Waals surface area contributed by atoms with Gasteiger partial charge in [0, 0.05) is 18.5 Å². The lowest BCUT2D eigenvalue weighted by Crippen LogP contribution is -2.74. The monoisotopic (exact) mass is 419 g/mol. The summed E-state index contributed by atoms with van der Waals surface area (Å²) in [6.45, 7) is 4.25. The molecule has 0 unspecified atom stereocenters. The van der Waals surface area contributed by atoms with Crippen molar-refractivity contribution in [3.63, 3.8) is 0 Å². The Labute approximate surface area is 183 Å². The second kappa shape index (κ2) is 8.94. The first-order valence-electron chi connectivity index (χ1n) is 10.8. The molecule has 2 fully saturated rings. The van der Waals surface area contributed by atoms with Crippen LogP contribution in [0.2, 0.25) is 0 Å². The van der Waals surface area contributed by atoms with Gasteiger partial charge in [-0.25, -0.2) is 4.79 Å². The number of piperazine rings is 1. The molecule has 2 N–H and O–H groups in total. The molecule has 6 nitrogen and oxygen atoms in total. The third-order valence-electron chi connectivity index (χ3n) is 6.04. The normalized spacial score (nSPS) is 23.1. The summed E-state index contributed by atoms with van der Waals surface area (Å²) < 4.78 is 0. The molecule has 4 rings (SSSR count). The Morgan fingerprint density at radius 2 is 1.74 bits per heavy atom. The van der Waals surface area contributed by atoms with Crippen molar-refractivity contribution in [2.75, 3.05) is 19.7 Å². The maximum absolute atomic E-state index is 12.7. The average molecular weight is 420 g/mol. The number of nitrogens with one attached hydrogen (secondary N) is 1. The number of benzene rings is 2. The fraction of sp³-hybridized carbons (Fsp3) is 0.360. The van der Waals surface area contributed by atoms with E-state index in [9.17, 15) is 14.7 Å². The second-order valence-corrected chi connectivity index (χ2v) is 8.54. The fourth-order valence-electron chi connectivity index (χ4n) is 4.58. The molecule has 2 heterocycles. The van der Waals surface area contributed by atoms with Crippen molar-refractivity contribution < 1.29 is 14.7 Å². The van der Waals surface area contributed by atoms with Gasteiger partial charge in [0.25, 0.3) is 0 Å². The molecule has 2 aromatic rings. The van der Waals surface area contributed by atoms with E-state index in [1.165, 1.54) is 0 Å². The van der Waals surface area contributed by atoms with Gasteiger partial charge in [0.15, 0.2) is 0 Å². The summed E-state index contributed by atoms with van der Waals surface area (Å²) in [5.74, 6) is -0.0939. The lowest BCUT2D eigenvalue weighted by atomic mass is 9.73. The van der Waals surface area contributed by atoms with Crippen LogP contribution in [0.4, 0.5) is 4.79 Å². The van der Waals surface area contributed by atoms with E-state index in [0.717, 1.165) is 16.7 Å². The number of carbonyl (C=O) groups excluding carboxylic acids is 2. The Morgan fingerprint density at radius 3 is 2.35 bits per heavy atom. The van der Waals surface area contributed by atoms with Gasteiger partial charge < -0.3 is 20.2 Å². The molecule has 6 heteroatoms. The standard InChI is InChI=1S/C25H29N3O3/c1-17(2)26-25(31)27-14-21-24(22(16-29)28(21)23(30)15-27)20-12-10-19(11-13-20)9-8-18-6-4-3-5-7-18/h3-13,17,21-22,24,29H,14-16H2,1-2H3,(H,26,31)/b9-8+/t21-,22+,24-/m0/s1. The van der Waals surface area contributed by atoms with Crippen molar-refractivity contribution in [2.45, 2.75) is 37.9 Å². The zero-order chi connectivity index (χ0) is 22.0. The van der Waals surface area contributed by atoms with Gasteiger partial charge in [-0.05, 0) is 30.5 Å². The Kier molecular flexibility index (Phi) is 6.09. The van der Waals surface area contributed by atoms with Crippen LogP contribution < -0.4 is 5.32 Å². The SMILES string of the molecule is CC(C)NC(=O)N1CC(=O)N2[C@H](CO)[C@@H](c3ccc(/C=C/c4ccccc4)cc3)[C@@H]2C1. The van der Waals surface area contributed by atoms with E-state index >= 15 is 0 Å². The molecule has 3 atom stereocenters. The van der Waals surface area contributed by atoms with Crippen LogP contribution in [-0.2, 0) is 4.79 Å². The smallest absolute Gasteiger partial charge is 0.318 e. The predicted octanol–water partition coefficient (Wildman–Crippen LogP) is 2.95. The molecule has 3 amide bonds. The van der Waals surface area contributed by atoms with E-state index in [2.05, 4.69) is 53.9 Å². The molecule has 162 valence electrons. The van der Waals surface area contributed by atoms with Crippen molar-refractivity contribution in [1.29, 1.82) is 0 Å². The molecule has 0 bridgehead atoms. The van der Waals surface area contributed by atoms with E-state index < -0.39 is 0 Å². The van der Waals surface area contributed by atoms with Crippen LogP contribution in [0.1, 0.15) is 36.5 Å². The number of aliphatic hydroxyl groups excluding tert-OH is 1. The minimum atomic E-state index is -0.237. The van der Waals surface area contributed by atoms with Crippen molar-refractivity contribution in [3.05, 3.63) is 71.3 Å². The lowest BCUT2D eigenvalue weighted by molar-refractivity contribution is -0.159. The number of hydrogen-bond acceptors (Lipinski definition) is 3. The van der Waals surface area contributed by atoms with Gasteiger partial charge in [-0.15, -0.1) is 0 Å². The maximum atomic E-state index is 12.7. The van der Waals surface area contributed by atoms with Crippen LogP contribution in [0.5, 0.6) is 0 Å². The first kappa shape index (κ1) is 21.1. The maximum Gasteiger partial charge on any atom is 0.318 e. The Morgan fingerprint density at radius 1 is 1.10 bits per heavy atom. The summed E-state index contributed by atoms with van der Waals surface area (Å²) in [4.78, 5) is 28.4. The molecule has 0 spiro atoms. The predicted molar refractivity (Wildman–Crippen MR) is 121 cm³/mol. The molecule has 2 aliphatic heterocycles. The summed E-state index contributed by atoms with van der Waals surface area (Å²) in [7, 11) is 0. The minimum Gasteiger partial charge on any atom is -0.394 e. The van der Waals surface area contributed by atoms with Crippen molar-refractivity contribution in [3.8, 4) is 0 Å². The lowest BCUT2D eigenvalue weighted by Gasteiger charge is -2.58. The molecule has 2 saturated heterocycles. The number of hydrogen-bond donors (Lipinski definition) is 2. The summed E-state index contributed by atoms with van der Waals surface area (Å²) in [5.41, 5.74) is 3.31. The highest BCUT2D eigenvalue weighted by molar-refractivity contribution is 5.87. The molecule has 0 radical (unpaired) electrons. The van der Waals surface area contributed by atoms with Crippen LogP contribution in [0.3, 0.4) is 0 Å². The topological polar surface area (TPSA) is 72.9 Å². The summed E-state index contributed by atoms with van der Waals surface area (Å²) in [5, 5.41) is 12.8. The van der Waals surface area contributed by atoms with Crippen LogP contribution in [-0.4, -0.2) is 64.7 Å². The van der Waals surface area contributed by atoms with Gasteiger partial charge in [0.2, 0.25) is 5.91 Å². The molecule has 0 saturated carbocycles. The largest absolute Gasteiger partial charge is 0.394 e. The average Bonchev–Trinajstić information content (AvgIpc) is 2.74. The van der Waals surface area contributed by atoms with Crippen LogP contribution in [0, 0.1) is 0 Å². The quantitative estimate of drug-likeness (QED) is 0.732. The van der Waals surface area contributed by atoms with E-state index in [0.29, 0.717) is 6.54 Å². The van der Waals surface area contributed by atoms with Crippen molar-refractivity contribution >= 4 is 24.1 Å². The first-order valence-corrected chi connectivity index (χ1v) is 10.8. The van der Waals surface area contributed by atoms with E-state index in [4.69, 9.17) is 0 Å². The van der Waals surface area contributed by atoms with Gasteiger partial charge in [0.1, 0.15) is 6.54 Å². The second-order valence-electron chi connectivity index (χ2n) is 8.54. The number of rotatable bonds is 5. The van der Waals surface area contributed by atoms with Crippen molar-refractivity contribution in [2.24, 2.45) is 0 Å².